The van der Waals surface area contributed by atoms with Crippen molar-refractivity contribution in [3.05, 3.63) is 53.9 Å². The fourth-order valence-corrected chi connectivity index (χ4v) is 2.07. The van der Waals surface area contributed by atoms with Gasteiger partial charge in [-0.05, 0) is 18.2 Å². The van der Waals surface area contributed by atoms with E-state index >= 15 is 0 Å². The largest absolute Gasteiger partial charge is 0.508 e. The van der Waals surface area contributed by atoms with Crippen molar-refractivity contribution in [1.82, 2.24) is 15.6 Å². The molecule has 1 aromatic carbocycles. The SMILES string of the molecule is O=C(O)C(NCCNCc1ccc[nH]1)c1ccccc1O. The third-order valence-electron chi connectivity index (χ3n) is 3.12. The Balaban J connectivity index is 1.81. The number of rotatable bonds is 8. The Morgan fingerprint density at radius 3 is 2.67 bits per heavy atom. The summed E-state index contributed by atoms with van der Waals surface area (Å²) in [7, 11) is 0. The molecule has 0 fully saturated rings. The van der Waals surface area contributed by atoms with Crippen LogP contribution >= 0.6 is 0 Å². The molecule has 0 aliphatic carbocycles. The molecule has 0 amide bonds. The molecule has 0 saturated heterocycles. The van der Waals surface area contributed by atoms with Gasteiger partial charge in [-0.2, -0.15) is 0 Å². The van der Waals surface area contributed by atoms with Crippen molar-refractivity contribution >= 4 is 5.97 Å². The van der Waals surface area contributed by atoms with Gasteiger partial charge in [-0.3, -0.25) is 10.1 Å². The molecule has 1 unspecified atom stereocenters. The van der Waals surface area contributed by atoms with Gasteiger partial charge < -0.3 is 20.5 Å². The smallest absolute Gasteiger partial charge is 0.325 e. The van der Waals surface area contributed by atoms with Crippen LogP contribution in [0.2, 0.25) is 0 Å². The first kappa shape index (κ1) is 15.1. The Morgan fingerprint density at radius 1 is 1.19 bits per heavy atom. The molecule has 6 heteroatoms. The molecule has 5 N–H and O–H groups in total. The van der Waals surface area contributed by atoms with Crippen LogP contribution < -0.4 is 10.6 Å². The molecular weight excluding hydrogens is 270 g/mol. The molecule has 1 atom stereocenters. The normalized spacial score (nSPS) is 12.2. The van der Waals surface area contributed by atoms with Crippen molar-refractivity contribution in [2.75, 3.05) is 13.1 Å². The van der Waals surface area contributed by atoms with Gasteiger partial charge in [0.05, 0.1) is 0 Å². The van der Waals surface area contributed by atoms with E-state index in [1.54, 1.807) is 18.2 Å². The number of hydrogen-bond acceptors (Lipinski definition) is 4. The predicted molar refractivity (Wildman–Crippen MR) is 79.0 cm³/mol. The average Bonchev–Trinajstić information content (AvgIpc) is 2.97. The highest BCUT2D eigenvalue weighted by molar-refractivity contribution is 5.76. The molecule has 0 spiro atoms. The minimum absolute atomic E-state index is 0.0169. The van der Waals surface area contributed by atoms with Gasteiger partial charge in [-0.1, -0.05) is 18.2 Å². The first-order valence-corrected chi connectivity index (χ1v) is 6.75. The lowest BCUT2D eigenvalue weighted by molar-refractivity contribution is -0.139. The first-order chi connectivity index (χ1) is 10.2. The van der Waals surface area contributed by atoms with Crippen LogP contribution in [0.5, 0.6) is 5.75 Å². The Morgan fingerprint density at radius 2 is 2.00 bits per heavy atom. The van der Waals surface area contributed by atoms with Gasteiger partial charge in [0, 0.05) is 37.1 Å². The van der Waals surface area contributed by atoms with E-state index in [-0.39, 0.29) is 5.75 Å². The quantitative estimate of drug-likeness (QED) is 0.471. The summed E-state index contributed by atoms with van der Waals surface area (Å²) in [6, 6.07) is 9.44. The summed E-state index contributed by atoms with van der Waals surface area (Å²) >= 11 is 0. The third kappa shape index (κ3) is 4.34. The minimum atomic E-state index is -1.01. The summed E-state index contributed by atoms with van der Waals surface area (Å²) < 4.78 is 0. The van der Waals surface area contributed by atoms with Gasteiger partial charge in [0.2, 0.25) is 0 Å². The Bertz CT molecular complexity index is 569. The van der Waals surface area contributed by atoms with Crippen molar-refractivity contribution in [1.29, 1.82) is 0 Å². The fourth-order valence-electron chi connectivity index (χ4n) is 2.07. The number of aromatic nitrogens is 1. The van der Waals surface area contributed by atoms with Crippen molar-refractivity contribution in [3.63, 3.8) is 0 Å². The summed E-state index contributed by atoms with van der Waals surface area (Å²) in [4.78, 5) is 14.4. The second-order valence-corrected chi connectivity index (χ2v) is 4.66. The monoisotopic (exact) mass is 289 g/mol. The molecular formula is C15H19N3O3. The highest BCUT2D eigenvalue weighted by atomic mass is 16.4. The zero-order chi connectivity index (χ0) is 15.1. The van der Waals surface area contributed by atoms with Crippen LogP contribution in [0.15, 0.2) is 42.6 Å². The molecule has 0 saturated carbocycles. The number of nitrogens with one attached hydrogen (secondary N) is 3. The zero-order valence-electron chi connectivity index (χ0n) is 11.5. The van der Waals surface area contributed by atoms with E-state index in [1.165, 1.54) is 6.07 Å². The number of phenolic OH excluding ortho intramolecular Hbond substituents is 1. The molecule has 112 valence electrons. The molecule has 2 rings (SSSR count). The molecule has 0 radical (unpaired) electrons. The zero-order valence-corrected chi connectivity index (χ0v) is 11.5. The number of carboxylic acid groups (broad SMARTS) is 1. The van der Waals surface area contributed by atoms with Gasteiger partial charge in [0.15, 0.2) is 0 Å². The minimum Gasteiger partial charge on any atom is -0.508 e. The molecule has 0 aliphatic rings. The Labute approximate surface area is 122 Å². The summed E-state index contributed by atoms with van der Waals surface area (Å²) in [6.07, 6.45) is 1.86. The van der Waals surface area contributed by atoms with Crippen molar-refractivity contribution in [2.24, 2.45) is 0 Å². The van der Waals surface area contributed by atoms with Gasteiger partial charge in [0.1, 0.15) is 11.8 Å². The van der Waals surface area contributed by atoms with Crippen molar-refractivity contribution in [2.45, 2.75) is 12.6 Å². The van der Waals surface area contributed by atoms with Gasteiger partial charge in [-0.15, -0.1) is 0 Å². The number of H-pyrrole nitrogens is 1. The van der Waals surface area contributed by atoms with E-state index in [4.69, 9.17) is 0 Å². The number of hydrogen-bond donors (Lipinski definition) is 5. The highest BCUT2D eigenvalue weighted by Crippen LogP contribution is 2.23. The van der Waals surface area contributed by atoms with Gasteiger partial charge >= 0.3 is 5.97 Å². The fraction of sp³-hybridized carbons (Fsp3) is 0.267. The maximum Gasteiger partial charge on any atom is 0.325 e. The Hall–Kier alpha value is -2.31. The number of phenols is 1. The first-order valence-electron chi connectivity index (χ1n) is 6.75. The van der Waals surface area contributed by atoms with E-state index in [0.717, 1.165) is 5.69 Å². The number of aromatic amines is 1. The molecule has 21 heavy (non-hydrogen) atoms. The number of aliphatic carboxylic acids is 1. The molecule has 0 bridgehead atoms. The molecule has 2 aromatic rings. The third-order valence-corrected chi connectivity index (χ3v) is 3.12. The maximum absolute atomic E-state index is 11.3. The van der Waals surface area contributed by atoms with E-state index in [1.807, 2.05) is 18.3 Å². The molecule has 6 nitrogen and oxygen atoms in total. The number of benzene rings is 1. The number of para-hydroxylation sites is 1. The lowest BCUT2D eigenvalue weighted by atomic mass is 10.1. The highest BCUT2D eigenvalue weighted by Gasteiger charge is 2.21. The number of aromatic hydroxyl groups is 1. The van der Waals surface area contributed by atoms with Crippen LogP contribution in [0, 0.1) is 0 Å². The van der Waals surface area contributed by atoms with E-state index < -0.39 is 12.0 Å². The van der Waals surface area contributed by atoms with Crippen LogP contribution in [0.4, 0.5) is 0 Å². The second kappa shape index (κ2) is 7.47. The van der Waals surface area contributed by atoms with Crippen molar-refractivity contribution in [3.8, 4) is 5.75 Å². The summed E-state index contributed by atoms with van der Waals surface area (Å²) in [5.41, 5.74) is 1.44. The number of carbonyl (C=O) groups is 1. The van der Waals surface area contributed by atoms with Crippen LogP contribution in [0.25, 0.3) is 0 Å². The Kier molecular flexibility index (Phi) is 5.36. The summed E-state index contributed by atoms with van der Waals surface area (Å²) in [6.45, 7) is 1.80. The molecule has 1 aromatic heterocycles. The topological polar surface area (TPSA) is 97.4 Å². The van der Waals surface area contributed by atoms with Crippen LogP contribution in [0.1, 0.15) is 17.3 Å². The second-order valence-electron chi connectivity index (χ2n) is 4.66. The molecule has 1 heterocycles. The predicted octanol–water partition coefficient (Wildman–Crippen LogP) is 1.23. The molecule has 0 aliphatic heterocycles. The van der Waals surface area contributed by atoms with E-state index in [9.17, 15) is 15.0 Å². The maximum atomic E-state index is 11.3. The lowest BCUT2D eigenvalue weighted by Crippen LogP contribution is -2.34. The van der Waals surface area contributed by atoms with E-state index in [0.29, 0.717) is 25.2 Å². The van der Waals surface area contributed by atoms with E-state index in [2.05, 4.69) is 15.6 Å². The summed E-state index contributed by atoms with van der Waals surface area (Å²) in [5, 5.41) is 25.1. The average molecular weight is 289 g/mol. The van der Waals surface area contributed by atoms with Crippen LogP contribution in [-0.4, -0.2) is 34.3 Å². The van der Waals surface area contributed by atoms with Crippen molar-refractivity contribution < 1.29 is 15.0 Å². The van der Waals surface area contributed by atoms with Crippen LogP contribution in [-0.2, 0) is 11.3 Å². The van der Waals surface area contributed by atoms with Gasteiger partial charge in [-0.25, -0.2) is 0 Å². The standard InChI is InChI=1S/C15H19N3O3/c19-13-6-2-1-5-12(13)14(15(20)21)18-9-8-16-10-11-4-3-7-17-11/h1-7,14,16-19H,8-10H2,(H,20,21). The summed E-state index contributed by atoms with van der Waals surface area (Å²) in [5.74, 6) is -1.03. The number of carboxylic acids is 1. The lowest BCUT2D eigenvalue weighted by Gasteiger charge is -2.16. The van der Waals surface area contributed by atoms with Crippen LogP contribution in [0.3, 0.4) is 0 Å². The van der Waals surface area contributed by atoms with Gasteiger partial charge in [0.25, 0.3) is 0 Å².